The van der Waals surface area contributed by atoms with Gasteiger partial charge < -0.3 is 0 Å². The average Bonchev–Trinajstić information content (AvgIpc) is 2.26. The first-order chi connectivity index (χ1) is 7.41. The first-order valence-electron chi connectivity index (χ1n) is 6.62. The topological polar surface area (TPSA) is 0 Å². The Kier molecular flexibility index (Phi) is 14.1. The third-order valence-electron chi connectivity index (χ3n) is 2.65. The highest BCUT2D eigenvalue weighted by atomic mass is 35.5. The molecule has 0 heterocycles. The van der Waals surface area contributed by atoms with Crippen molar-refractivity contribution in [3.05, 3.63) is 12.2 Å². The smallest absolute Gasteiger partial charge is 0.0223 e. The molecule has 0 aliphatic carbocycles. The highest BCUT2D eigenvalue weighted by Crippen LogP contribution is 2.08. The van der Waals surface area contributed by atoms with Crippen molar-refractivity contribution >= 4 is 11.6 Å². The number of allylic oxidation sites excluding steroid dienone is 2. The molecule has 0 aliphatic heterocycles. The number of rotatable bonds is 11. The van der Waals surface area contributed by atoms with Gasteiger partial charge in [-0.15, -0.1) is 11.6 Å². The van der Waals surface area contributed by atoms with Crippen LogP contribution in [-0.4, -0.2) is 5.88 Å². The SMILES string of the molecule is CCCC/C=C\CCCCCCCCCl. The van der Waals surface area contributed by atoms with Crippen LogP contribution in [0.5, 0.6) is 0 Å². The Morgan fingerprint density at radius 3 is 1.87 bits per heavy atom. The zero-order valence-corrected chi connectivity index (χ0v) is 11.1. The van der Waals surface area contributed by atoms with Crippen molar-refractivity contribution in [2.75, 3.05) is 5.88 Å². The highest BCUT2D eigenvalue weighted by molar-refractivity contribution is 6.17. The van der Waals surface area contributed by atoms with E-state index < -0.39 is 0 Å². The second-order valence-electron chi connectivity index (χ2n) is 4.21. The van der Waals surface area contributed by atoms with Crippen LogP contribution in [0.2, 0.25) is 0 Å². The van der Waals surface area contributed by atoms with Gasteiger partial charge in [0.1, 0.15) is 0 Å². The molecule has 0 fully saturated rings. The van der Waals surface area contributed by atoms with E-state index in [1.54, 1.807) is 0 Å². The summed E-state index contributed by atoms with van der Waals surface area (Å²) in [5, 5.41) is 0. The van der Waals surface area contributed by atoms with Gasteiger partial charge in [0.2, 0.25) is 0 Å². The molecule has 0 rings (SSSR count). The van der Waals surface area contributed by atoms with E-state index in [9.17, 15) is 0 Å². The second kappa shape index (κ2) is 14.0. The molecule has 0 aliphatic rings. The predicted molar refractivity (Wildman–Crippen MR) is 71.7 cm³/mol. The molecule has 0 saturated carbocycles. The van der Waals surface area contributed by atoms with Gasteiger partial charge in [0.15, 0.2) is 0 Å². The van der Waals surface area contributed by atoms with Crippen LogP contribution in [0.4, 0.5) is 0 Å². The van der Waals surface area contributed by atoms with Gasteiger partial charge in [-0.2, -0.15) is 0 Å². The van der Waals surface area contributed by atoms with Crippen LogP contribution >= 0.6 is 11.6 Å². The van der Waals surface area contributed by atoms with E-state index in [1.165, 1.54) is 64.2 Å². The Morgan fingerprint density at radius 1 is 0.733 bits per heavy atom. The summed E-state index contributed by atoms with van der Waals surface area (Å²) in [7, 11) is 0. The Balaban J connectivity index is 2.95. The molecule has 0 amide bonds. The zero-order chi connectivity index (χ0) is 11.2. The molecular formula is C14H27Cl. The number of alkyl halides is 1. The molecule has 0 spiro atoms. The van der Waals surface area contributed by atoms with Crippen LogP contribution in [0.1, 0.15) is 71.1 Å². The van der Waals surface area contributed by atoms with E-state index >= 15 is 0 Å². The van der Waals surface area contributed by atoms with Gasteiger partial charge in [-0.25, -0.2) is 0 Å². The number of hydrogen-bond acceptors (Lipinski definition) is 0. The van der Waals surface area contributed by atoms with Crippen LogP contribution in [0.25, 0.3) is 0 Å². The van der Waals surface area contributed by atoms with E-state index in [-0.39, 0.29) is 0 Å². The fourth-order valence-electron chi connectivity index (χ4n) is 1.62. The first kappa shape index (κ1) is 15.0. The largest absolute Gasteiger partial charge is 0.127 e. The Labute approximate surface area is 101 Å². The van der Waals surface area contributed by atoms with Crippen molar-refractivity contribution in [2.45, 2.75) is 71.1 Å². The summed E-state index contributed by atoms with van der Waals surface area (Å²) < 4.78 is 0. The molecule has 0 bridgehead atoms. The van der Waals surface area contributed by atoms with Gasteiger partial charge >= 0.3 is 0 Å². The van der Waals surface area contributed by atoms with Gasteiger partial charge in [-0.3, -0.25) is 0 Å². The van der Waals surface area contributed by atoms with Crippen LogP contribution in [-0.2, 0) is 0 Å². The molecule has 15 heavy (non-hydrogen) atoms. The average molecular weight is 231 g/mol. The van der Waals surface area contributed by atoms with Gasteiger partial charge in [0.25, 0.3) is 0 Å². The van der Waals surface area contributed by atoms with E-state index in [0.717, 1.165) is 5.88 Å². The molecular weight excluding hydrogens is 204 g/mol. The standard InChI is InChI=1S/C14H27Cl/c1-2-3-4-5-6-7-8-9-10-11-12-13-14-15/h5-6H,2-4,7-14H2,1H3/b6-5-. The molecule has 0 nitrogen and oxygen atoms in total. The summed E-state index contributed by atoms with van der Waals surface area (Å²) in [5.74, 6) is 0.833. The van der Waals surface area contributed by atoms with Gasteiger partial charge in [0.05, 0.1) is 0 Å². The molecule has 1 heteroatoms. The van der Waals surface area contributed by atoms with E-state index in [4.69, 9.17) is 11.6 Å². The zero-order valence-electron chi connectivity index (χ0n) is 10.3. The van der Waals surface area contributed by atoms with E-state index in [0.29, 0.717) is 0 Å². The van der Waals surface area contributed by atoms with Crippen molar-refractivity contribution in [3.8, 4) is 0 Å². The van der Waals surface area contributed by atoms with Crippen molar-refractivity contribution in [1.29, 1.82) is 0 Å². The van der Waals surface area contributed by atoms with Gasteiger partial charge in [-0.05, 0) is 25.7 Å². The summed E-state index contributed by atoms with van der Waals surface area (Å²) in [6.45, 7) is 2.24. The maximum absolute atomic E-state index is 5.62. The lowest BCUT2D eigenvalue weighted by molar-refractivity contribution is 0.612. The first-order valence-corrected chi connectivity index (χ1v) is 7.16. The number of unbranched alkanes of at least 4 members (excludes halogenated alkanes) is 8. The quantitative estimate of drug-likeness (QED) is 0.243. The molecule has 0 radical (unpaired) electrons. The van der Waals surface area contributed by atoms with Gasteiger partial charge in [0, 0.05) is 5.88 Å². The molecule has 0 N–H and O–H groups in total. The summed E-state index contributed by atoms with van der Waals surface area (Å²) in [6, 6.07) is 0. The van der Waals surface area contributed by atoms with Crippen molar-refractivity contribution in [3.63, 3.8) is 0 Å². The van der Waals surface area contributed by atoms with E-state index in [1.807, 2.05) is 0 Å². The molecule has 0 unspecified atom stereocenters. The minimum absolute atomic E-state index is 0.833. The lowest BCUT2D eigenvalue weighted by Crippen LogP contribution is -1.80. The third kappa shape index (κ3) is 14.0. The fourth-order valence-corrected chi connectivity index (χ4v) is 1.81. The van der Waals surface area contributed by atoms with Crippen molar-refractivity contribution < 1.29 is 0 Å². The van der Waals surface area contributed by atoms with E-state index in [2.05, 4.69) is 19.1 Å². The minimum atomic E-state index is 0.833. The Hall–Kier alpha value is 0.0300. The monoisotopic (exact) mass is 230 g/mol. The molecule has 0 aromatic heterocycles. The lowest BCUT2D eigenvalue weighted by Gasteiger charge is -1.98. The molecule has 0 atom stereocenters. The van der Waals surface area contributed by atoms with Gasteiger partial charge in [-0.1, -0.05) is 57.6 Å². The van der Waals surface area contributed by atoms with Crippen molar-refractivity contribution in [2.24, 2.45) is 0 Å². The number of halogens is 1. The second-order valence-corrected chi connectivity index (χ2v) is 4.59. The molecule has 0 aromatic carbocycles. The summed E-state index contributed by atoms with van der Waals surface area (Å²) in [6.07, 6.45) is 17.9. The maximum atomic E-state index is 5.62. The van der Waals surface area contributed by atoms with Crippen LogP contribution in [0, 0.1) is 0 Å². The maximum Gasteiger partial charge on any atom is 0.0223 e. The molecule has 90 valence electrons. The molecule has 0 aromatic rings. The van der Waals surface area contributed by atoms with Crippen molar-refractivity contribution in [1.82, 2.24) is 0 Å². The number of hydrogen-bond donors (Lipinski definition) is 0. The van der Waals surface area contributed by atoms with Crippen LogP contribution < -0.4 is 0 Å². The van der Waals surface area contributed by atoms with Crippen LogP contribution in [0.3, 0.4) is 0 Å². The van der Waals surface area contributed by atoms with Crippen LogP contribution in [0.15, 0.2) is 12.2 Å². The predicted octanol–water partition coefficient (Wildman–Crippen LogP) is 5.70. The minimum Gasteiger partial charge on any atom is -0.127 e. The normalized spacial score (nSPS) is 11.3. The summed E-state index contributed by atoms with van der Waals surface area (Å²) in [4.78, 5) is 0. The summed E-state index contributed by atoms with van der Waals surface area (Å²) >= 11 is 5.62. The lowest BCUT2D eigenvalue weighted by atomic mass is 10.1. The third-order valence-corrected chi connectivity index (χ3v) is 2.91. The fraction of sp³-hybridized carbons (Fsp3) is 0.857. The Morgan fingerprint density at radius 2 is 1.27 bits per heavy atom. The molecule has 0 saturated heterocycles. The summed E-state index contributed by atoms with van der Waals surface area (Å²) in [5.41, 5.74) is 0. The highest BCUT2D eigenvalue weighted by Gasteiger charge is 1.89. The Bertz CT molecular complexity index is 129.